The van der Waals surface area contributed by atoms with Crippen LogP contribution in [0.25, 0.3) is 17.0 Å². The number of aromatic nitrogens is 2. The third-order valence-electron chi connectivity index (χ3n) is 25.1. The Hall–Kier alpha value is -6.15. The fraction of sp³-hybridized carbons (Fsp3) is 0.255. The molecule has 549 valence electrons. The number of nitrogens with zero attached hydrogens (tertiary/aromatic N) is 10. The summed E-state index contributed by atoms with van der Waals surface area (Å²) in [5.41, 5.74) is 41.3. The number of para-hydroxylation sites is 7. The second-order valence-electron chi connectivity index (χ2n) is 31.6. The van der Waals surface area contributed by atoms with Crippen molar-refractivity contribution in [1.29, 1.82) is 0 Å². The Bertz CT molecular complexity index is 5250. The fourth-order valence-corrected chi connectivity index (χ4v) is 20.4. The van der Waals surface area contributed by atoms with E-state index in [0.29, 0.717) is 48.0 Å². The maximum Gasteiger partial charge on any atom is 0.208 e. The number of benzene rings is 8. The average Bonchev–Trinajstić information content (AvgIpc) is 1.58. The van der Waals surface area contributed by atoms with Gasteiger partial charge in [-0.15, -0.1) is 70.0 Å². The van der Waals surface area contributed by atoms with Gasteiger partial charge in [0.15, 0.2) is 0 Å². The van der Waals surface area contributed by atoms with Gasteiger partial charge in [-0.25, -0.2) is 30.8 Å². The van der Waals surface area contributed by atoms with Gasteiger partial charge in [0.05, 0.1) is 11.4 Å². The molecule has 5 radical (unpaired) electrons. The van der Waals surface area contributed by atoms with Crippen molar-refractivity contribution in [3.05, 3.63) is 362 Å². The van der Waals surface area contributed by atoms with Crippen LogP contribution in [0.1, 0.15) is 120 Å². The predicted molar refractivity (Wildman–Crippen MR) is 435 cm³/mol. The van der Waals surface area contributed by atoms with E-state index in [4.69, 9.17) is 6.57 Å². The van der Waals surface area contributed by atoms with Gasteiger partial charge in [0.2, 0.25) is 5.69 Å². The molecular weight excluding hydrogens is 1760 g/mol. The molecule has 10 nitrogen and oxygen atoms in total. The first-order valence-electron chi connectivity index (χ1n) is 38.6. The third-order valence-corrected chi connectivity index (χ3v) is 25.1. The Morgan fingerprint density at radius 1 is 0.327 bits per heavy atom. The molecule has 0 saturated heterocycles. The quantitative estimate of drug-likeness (QED) is 0.138. The molecule has 0 fully saturated rings. The van der Waals surface area contributed by atoms with Crippen LogP contribution in [0, 0.1) is 69.0 Å². The standard InChI is InChI=1S/C16H10N2.C15H11N.C14H10N2.2C14H13N.C13H13N.C12H12N2.5Y/c1-17-13-6-7-16-12(8-13)10-14-9-11-4-2-3-5-15(11)18(14)16;1-3-7-14-11(5-1)9-13-10-12-6-2-4-8-15(12)16(13)14;1-2-4-13-10(3-1)7-12-8-11-9-15-6-5-14(11)16(12)13;2*1-9-7-12-8-11-4-2-3-10-5-6-13(9)15(12)14(10)11;1-9-7-12-8-11-5-3-4-6-13(11)14(12)10(9)2;1-8-5-11-6-10-7-13-4-3-12(10)14(11)9(8)2;;;;;/h2-4,6,8,14H,9-10H2;1-6,13H,9-10H2;1-3,6,9,12H,7-8H2;2*2-6,12H,7-8H2,1H3;3-5,12H,2,7-8H2,1H3;4,7,11H,2,5-6H2,1H3;;;;;/q3*-2;;;2*-2;;;;;. The molecule has 2 aromatic heterocycles. The molecule has 0 aliphatic carbocycles. The SMILES string of the molecule is CC1=C2C=Cc3cccc4c3N2C(C1)C4.CC1=C2C=Cc3cccc4c3N2C(C1)C4.[C-]#[N+]c1c[c-]c2c(c1)CC1Cc3ccc[c-]c3N21.[CH2-]C1=C(C)CC2Cc3ccc[c-]c3N12.[CH2-]C1=C(C)CC2Cc3cnc[c-]c3N12.[Y].[Y].[Y].[Y].[Y].[c-]1cccc2c1N1c3[c-]cccc3CC1C2.[c-]1cccc2c1N1c3[c-]cncc3CC1C2. The zero-order valence-corrected chi connectivity index (χ0v) is 78.8. The van der Waals surface area contributed by atoms with Gasteiger partial charge in [0, 0.05) is 217 Å². The predicted octanol–water partition coefficient (Wildman–Crippen LogP) is 19.7. The van der Waals surface area contributed by atoms with Crippen LogP contribution in [-0.4, -0.2) is 52.3 Å². The molecule has 6 unspecified atom stereocenters. The van der Waals surface area contributed by atoms with Crippen molar-refractivity contribution >= 4 is 74.7 Å². The van der Waals surface area contributed by atoms with Crippen LogP contribution < -0.4 is 34.3 Å². The first kappa shape index (κ1) is 82.0. The zero-order valence-electron chi connectivity index (χ0n) is 64.6. The van der Waals surface area contributed by atoms with E-state index in [1.165, 1.54) is 178 Å². The number of hydrogen-bond acceptors (Lipinski definition) is 9. The van der Waals surface area contributed by atoms with Crippen molar-refractivity contribution < 1.29 is 164 Å². The van der Waals surface area contributed by atoms with E-state index in [1.54, 1.807) is 29.6 Å². The molecule has 0 N–H and O–H groups in total. The minimum absolute atomic E-state index is 0. The van der Waals surface area contributed by atoms with E-state index >= 15 is 0 Å². The number of fused-ring (bicyclic) bond motifs is 21. The molecule has 0 bridgehead atoms. The number of allylic oxidation sites excluding steroid dienone is 4. The Morgan fingerprint density at radius 3 is 1.02 bits per heavy atom. The second kappa shape index (κ2) is 34.1. The first-order chi connectivity index (χ1) is 53.0. The van der Waals surface area contributed by atoms with Gasteiger partial charge in [-0.05, 0) is 85.1 Å². The molecule has 0 amide bonds. The monoisotopic (exact) mass is 1840 g/mol. The van der Waals surface area contributed by atoms with Crippen LogP contribution >= 0.6 is 0 Å². The second-order valence-corrected chi connectivity index (χ2v) is 31.6. The molecule has 0 saturated carbocycles. The van der Waals surface area contributed by atoms with Crippen LogP contribution in [0.4, 0.5) is 62.6 Å². The van der Waals surface area contributed by atoms with Crippen molar-refractivity contribution in [3.8, 4) is 0 Å². The van der Waals surface area contributed by atoms with Gasteiger partial charge in [-0.2, -0.15) is 150 Å². The van der Waals surface area contributed by atoms with Crippen LogP contribution in [0.5, 0.6) is 0 Å². The summed E-state index contributed by atoms with van der Waals surface area (Å²) in [7, 11) is 0. The Balaban J connectivity index is 0.000000103. The summed E-state index contributed by atoms with van der Waals surface area (Å²) in [6.45, 7) is 24.2. The van der Waals surface area contributed by atoms with E-state index in [1.807, 2.05) is 54.9 Å². The average molecular weight is 1840 g/mol. The van der Waals surface area contributed by atoms with E-state index in [2.05, 4.69) is 254 Å². The van der Waals surface area contributed by atoms with Gasteiger partial charge < -0.3 is 44.3 Å². The van der Waals surface area contributed by atoms with E-state index in [9.17, 15) is 0 Å². The van der Waals surface area contributed by atoms with Crippen molar-refractivity contribution in [1.82, 2.24) is 9.97 Å². The van der Waals surface area contributed by atoms with Gasteiger partial charge in [-0.1, -0.05) is 184 Å². The molecule has 16 aliphatic heterocycles. The maximum absolute atomic E-state index is 7.07. The van der Waals surface area contributed by atoms with E-state index < -0.39 is 0 Å². The van der Waals surface area contributed by atoms with Crippen molar-refractivity contribution in [2.45, 2.75) is 160 Å². The van der Waals surface area contributed by atoms with Crippen LogP contribution in [0.15, 0.2) is 222 Å². The van der Waals surface area contributed by atoms with Crippen LogP contribution in [0.3, 0.4) is 0 Å². The van der Waals surface area contributed by atoms with Crippen molar-refractivity contribution in [2.24, 2.45) is 0 Å². The molecule has 16 aliphatic rings. The molecular formula is C98H82N10Y5-10. The summed E-state index contributed by atoms with van der Waals surface area (Å²) in [6.07, 6.45) is 32.6. The molecule has 113 heavy (non-hydrogen) atoms. The summed E-state index contributed by atoms with van der Waals surface area (Å²) in [4.78, 5) is 28.6. The molecule has 26 rings (SSSR count). The minimum Gasteiger partial charge on any atom is -0.409 e. The van der Waals surface area contributed by atoms with Gasteiger partial charge in [-0.3, -0.25) is 0 Å². The number of pyridine rings is 2. The van der Waals surface area contributed by atoms with E-state index in [0.717, 1.165) is 69.2 Å². The molecule has 8 aromatic carbocycles. The topological polar surface area (TPSA) is 52.8 Å². The molecule has 15 heteroatoms. The summed E-state index contributed by atoms with van der Waals surface area (Å²) in [5, 5.41) is 0. The number of rotatable bonds is 0. The number of anilines is 10. The van der Waals surface area contributed by atoms with Gasteiger partial charge >= 0.3 is 0 Å². The molecule has 10 aromatic rings. The van der Waals surface area contributed by atoms with Crippen molar-refractivity contribution in [2.75, 3.05) is 34.3 Å². The Morgan fingerprint density at radius 2 is 0.628 bits per heavy atom. The van der Waals surface area contributed by atoms with Gasteiger partial charge in [0.1, 0.15) is 6.57 Å². The first-order valence-corrected chi connectivity index (χ1v) is 38.6. The molecule has 0 spiro atoms. The zero-order chi connectivity index (χ0) is 72.6. The Labute approximate surface area is 794 Å². The smallest absolute Gasteiger partial charge is 0.208 e. The molecule has 6 atom stereocenters. The maximum atomic E-state index is 7.07. The van der Waals surface area contributed by atoms with Gasteiger partial charge in [0.25, 0.3) is 0 Å². The summed E-state index contributed by atoms with van der Waals surface area (Å²) >= 11 is 0. The van der Waals surface area contributed by atoms with E-state index in [-0.39, 0.29) is 164 Å². The van der Waals surface area contributed by atoms with Crippen molar-refractivity contribution in [3.63, 3.8) is 0 Å². The normalized spacial score (nSPS) is 21.0. The third kappa shape index (κ3) is 14.6. The largest absolute Gasteiger partial charge is 0.409 e. The Kier molecular flexibility index (Phi) is 24.7. The summed E-state index contributed by atoms with van der Waals surface area (Å²) in [6, 6.07) is 79.2. The summed E-state index contributed by atoms with van der Waals surface area (Å²) in [5.74, 6) is 0. The van der Waals surface area contributed by atoms with Crippen LogP contribution in [-0.2, 0) is 228 Å². The molecule has 18 heterocycles. The fourth-order valence-electron chi connectivity index (χ4n) is 20.4. The van der Waals surface area contributed by atoms with Crippen LogP contribution in [0.2, 0.25) is 0 Å². The summed E-state index contributed by atoms with van der Waals surface area (Å²) < 4.78 is 0. The minimum atomic E-state index is 0. The number of hydrogen-bond donors (Lipinski definition) is 0.